The Morgan fingerprint density at radius 1 is 1.42 bits per heavy atom. The number of carbonyl (C=O) groups is 1. The second-order valence-electron chi connectivity index (χ2n) is 6.09. The molecule has 1 amide bonds. The summed E-state index contributed by atoms with van der Waals surface area (Å²) in [5.41, 5.74) is 1.94. The first-order valence-corrected chi connectivity index (χ1v) is 8.24. The van der Waals surface area contributed by atoms with E-state index in [1.807, 2.05) is 25.2 Å². The second kappa shape index (κ2) is 8.01. The molecule has 1 aliphatic rings. The van der Waals surface area contributed by atoms with Crippen molar-refractivity contribution in [2.45, 2.75) is 19.4 Å². The van der Waals surface area contributed by atoms with Crippen LogP contribution >= 0.6 is 24.0 Å². The summed E-state index contributed by atoms with van der Waals surface area (Å²) < 4.78 is 1.65. The molecule has 1 saturated heterocycles. The van der Waals surface area contributed by atoms with Gasteiger partial charge in [0.25, 0.3) is 5.91 Å². The summed E-state index contributed by atoms with van der Waals surface area (Å²) in [6.07, 6.45) is 2.81. The lowest BCUT2D eigenvalue weighted by Crippen LogP contribution is -2.50. The molecule has 2 atom stereocenters. The number of aryl methyl sites for hydroxylation is 1. The van der Waals surface area contributed by atoms with Crippen molar-refractivity contribution in [3.63, 3.8) is 0 Å². The van der Waals surface area contributed by atoms with Crippen molar-refractivity contribution < 1.29 is 4.79 Å². The van der Waals surface area contributed by atoms with E-state index in [0.29, 0.717) is 22.2 Å². The lowest BCUT2D eigenvalue weighted by atomic mass is 9.94. The predicted molar refractivity (Wildman–Crippen MR) is 98.8 cm³/mol. The molecule has 1 fully saturated rings. The first-order chi connectivity index (χ1) is 11.1. The number of rotatable bonds is 3. The normalized spacial score (nSPS) is 20.3. The fourth-order valence-corrected chi connectivity index (χ4v) is 3.16. The molecule has 0 spiro atoms. The first-order valence-electron chi connectivity index (χ1n) is 7.86. The zero-order valence-corrected chi connectivity index (χ0v) is 15.3. The zero-order chi connectivity index (χ0) is 16.4. The first kappa shape index (κ1) is 18.8. The second-order valence-corrected chi connectivity index (χ2v) is 6.50. The summed E-state index contributed by atoms with van der Waals surface area (Å²) in [4.78, 5) is 12.7. The van der Waals surface area contributed by atoms with Crippen LogP contribution in [-0.2, 0) is 7.05 Å². The van der Waals surface area contributed by atoms with Crippen LogP contribution in [0.1, 0.15) is 23.7 Å². The topological polar surface area (TPSA) is 58.9 Å². The average molecular weight is 369 g/mol. The molecule has 0 radical (unpaired) electrons. The van der Waals surface area contributed by atoms with Crippen LogP contribution in [0.3, 0.4) is 0 Å². The van der Waals surface area contributed by atoms with E-state index in [1.165, 1.54) is 0 Å². The number of piperidine rings is 1. The maximum absolute atomic E-state index is 12.7. The van der Waals surface area contributed by atoms with Gasteiger partial charge in [0.15, 0.2) is 0 Å². The maximum atomic E-state index is 12.7. The molecule has 1 aromatic carbocycles. The number of nitrogens with zero attached hydrogens (tertiary/aromatic N) is 2. The van der Waals surface area contributed by atoms with E-state index in [2.05, 4.69) is 22.7 Å². The monoisotopic (exact) mass is 368 g/mol. The van der Waals surface area contributed by atoms with Crippen molar-refractivity contribution in [1.82, 2.24) is 20.4 Å². The Hall–Kier alpha value is -1.56. The lowest BCUT2D eigenvalue weighted by molar-refractivity contribution is 0.0916. The Labute approximate surface area is 153 Å². The summed E-state index contributed by atoms with van der Waals surface area (Å²) in [7, 11) is 1.81. The number of nitrogens with one attached hydrogen (secondary N) is 2. The van der Waals surface area contributed by atoms with Gasteiger partial charge in [0.1, 0.15) is 5.69 Å². The van der Waals surface area contributed by atoms with Gasteiger partial charge in [0.05, 0.1) is 10.6 Å². The van der Waals surface area contributed by atoms with Gasteiger partial charge in [-0.3, -0.25) is 9.48 Å². The quantitative estimate of drug-likeness (QED) is 0.875. The van der Waals surface area contributed by atoms with Crippen molar-refractivity contribution >= 4 is 29.9 Å². The van der Waals surface area contributed by atoms with E-state index >= 15 is 0 Å². The SMILES string of the molecule is CC1CCNCC1NC(=O)c1cn(C)nc1-c1ccccc1Cl.Cl. The third kappa shape index (κ3) is 3.91. The minimum absolute atomic E-state index is 0. The summed E-state index contributed by atoms with van der Waals surface area (Å²) in [5.74, 6) is 0.356. The number of hydrogen-bond donors (Lipinski definition) is 2. The van der Waals surface area contributed by atoms with Crippen molar-refractivity contribution in [3.8, 4) is 11.3 Å². The minimum atomic E-state index is -0.103. The van der Waals surface area contributed by atoms with E-state index in [9.17, 15) is 4.79 Å². The number of aromatic nitrogens is 2. The highest BCUT2D eigenvalue weighted by Gasteiger charge is 2.25. The highest BCUT2D eigenvalue weighted by atomic mass is 35.5. The average Bonchev–Trinajstić information content (AvgIpc) is 2.92. The van der Waals surface area contributed by atoms with Crippen molar-refractivity contribution in [2.24, 2.45) is 13.0 Å². The highest BCUT2D eigenvalue weighted by Crippen LogP contribution is 2.29. The minimum Gasteiger partial charge on any atom is -0.348 e. The Morgan fingerprint density at radius 3 is 2.88 bits per heavy atom. The number of benzene rings is 1. The van der Waals surface area contributed by atoms with Crippen LogP contribution in [0.15, 0.2) is 30.5 Å². The van der Waals surface area contributed by atoms with Crippen LogP contribution in [0.25, 0.3) is 11.3 Å². The van der Waals surface area contributed by atoms with Crippen LogP contribution in [0, 0.1) is 5.92 Å². The smallest absolute Gasteiger partial charge is 0.255 e. The summed E-state index contributed by atoms with van der Waals surface area (Å²) >= 11 is 6.27. The number of amides is 1. The van der Waals surface area contributed by atoms with Gasteiger partial charge in [-0.15, -0.1) is 12.4 Å². The van der Waals surface area contributed by atoms with Gasteiger partial charge in [0, 0.05) is 31.4 Å². The van der Waals surface area contributed by atoms with Crippen LogP contribution < -0.4 is 10.6 Å². The van der Waals surface area contributed by atoms with E-state index in [4.69, 9.17) is 11.6 Å². The molecule has 5 nitrogen and oxygen atoms in total. The van der Waals surface area contributed by atoms with Crippen LogP contribution in [0.2, 0.25) is 5.02 Å². The molecule has 2 aromatic rings. The lowest BCUT2D eigenvalue weighted by Gasteiger charge is -2.30. The Kier molecular flexibility index (Phi) is 6.27. The molecule has 2 heterocycles. The molecular formula is C17H22Cl2N4O. The van der Waals surface area contributed by atoms with Gasteiger partial charge in [-0.2, -0.15) is 5.10 Å². The molecule has 1 aliphatic heterocycles. The van der Waals surface area contributed by atoms with E-state index < -0.39 is 0 Å². The molecule has 130 valence electrons. The molecule has 2 unspecified atom stereocenters. The van der Waals surface area contributed by atoms with Gasteiger partial charge in [0.2, 0.25) is 0 Å². The fourth-order valence-electron chi connectivity index (χ4n) is 2.94. The zero-order valence-electron chi connectivity index (χ0n) is 13.8. The van der Waals surface area contributed by atoms with E-state index in [-0.39, 0.29) is 24.4 Å². The fraction of sp³-hybridized carbons (Fsp3) is 0.412. The molecule has 3 rings (SSSR count). The highest BCUT2D eigenvalue weighted by molar-refractivity contribution is 6.33. The Balaban J connectivity index is 0.00000208. The largest absolute Gasteiger partial charge is 0.348 e. The Morgan fingerprint density at radius 2 is 2.17 bits per heavy atom. The van der Waals surface area contributed by atoms with Gasteiger partial charge < -0.3 is 10.6 Å². The molecule has 7 heteroatoms. The molecule has 2 N–H and O–H groups in total. The molecule has 0 bridgehead atoms. The van der Waals surface area contributed by atoms with Crippen LogP contribution in [0.4, 0.5) is 0 Å². The molecule has 0 saturated carbocycles. The van der Waals surface area contributed by atoms with Crippen molar-refractivity contribution in [2.75, 3.05) is 13.1 Å². The molecular weight excluding hydrogens is 347 g/mol. The Bertz CT molecular complexity index is 716. The summed E-state index contributed by atoms with van der Waals surface area (Å²) in [6, 6.07) is 7.58. The van der Waals surface area contributed by atoms with E-state index in [1.54, 1.807) is 16.9 Å². The summed E-state index contributed by atoms with van der Waals surface area (Å²) in [5, 5.41) is 11.5. The van der Waals surface area contributed by atoms with Gasteiger partial charge in [-0.05, 0) is 24.9 Å². The van der Waals surface area contributed by atoms with E-state index in [0.717, 1.165) is 25.1 Å². The maximum Gasteiger partial charge on any atom is 0.255 e. The van der Waals surface area contributed by atoms with Gasteiger partial charge in [-0.1, -0.05) is 36.7 Å². The third-order valence-corrected chi connectivity index (χ3v) is 4.68. The number of hydrogen-bond acceptors (Lipinski definition) is 3. The molecule has 0 aliphatic carbocycles. The van der Waals surface area contributed by atoms with Crippen molar-refractivity contribution in [3.05, 3.63) is 41.0 Å². The summed E-state index contributed by atoms with van der Waals surface area (Å²) in [6.45, 7) is 3.98. The molecule has 1 aromatic heterocycles. The predicted octanol–water partition coefficient (Wildman–Crippen LogP) is 2.89. The number of carbonyl (C=O) groups excluding carboxylic acids is 1. The standard InChI is InChI=1S/C17H21ClN4O.ClH/c1-11-7-8-19-9-15(11)20-17(23)13-10-22(2)21-16(13)12-5-3-4-6-14(12)18;/h3-6,10-11,15,19H,7-9H2,1-2H3,(H,20,23);1H. The van der Waals surface area contributed by atoms with Crippen LogP contribution in [-0.4, -0.2) is 34.8 Å². The van der Waals surface area contributed by atoms with Gasteiger partial charge >= 0.3 is 0 Å². The van der Waals surface area contributed by atoms with Gasteiger partial charge in [-0.25, -0.2) is 0 Å². The number of halogens is 2. The van der Waals surface area contributed by atoms with Crippen molar-refractivity contribution in [1.29, 1.82) is 0 Å². The van der Waals surface area contributed by atoms with Crippen LogP contribution in [0.5, 0.6) is 0 Å². The molecule has 24 heavy (non-hydrogen) atoms. The third-order valence-electron chi connectivity index (χ3n) is 4.35.